The number of para-hydroxylation sites is 1. The first-order valence-corrected chi connectivity index (χ1v) is 12.7. The highest BCUT2D eigenvalue weighted by molar-refractivity contribution is 9.10. The number of hydrogen-bond acceptors (Lipinski definition) is 7. The number of halogens is 1. The largest absolute Gasteiger partial charge is 0.497 e. The summed E-state index contributed by atoms with van der Waals surface area (Å²) in [7, 11) is 3.17. The molecule has 36 heavy (non-hydrogen) atoms. The number of carbonyl (C=O) groups excluding carboxylic acids is 1. The number of thioether (sulfide) groups is 1. The predicted octanol–water partition coefficient (Wildman–Crippen LogP) is 5.35. The molecule has 1 amide bonds. The van der Waals surface area contributed by atoms with Crippen molar-refractivity contribution in [3.05, 3.63) is 82.8 Å². The zero-order valence-corrected chi connectivity index (χ0v) is 22.3. The predicted molar refractivity (Wildman–Crippen MR) is 145 cm³/mol. The number of nitrogens with zero attached hydrogens (tertiary/aromatic N) is 4. The molecular formula is C26H24BrN5O3S. The molecule has 10 heteroatoms. The van der Waals surface area contributed by atoms with E-state index in [-0.39, 0.29) is 11.7 Å². The molecule has 4 rings (SSSR count). The van der Waals surface area contributed by atoms with Crippen LogP contribution in [0.4, 0.5) is 0 Å². The average Bonchev–Trinajstić information content (AvgIpc) is 3.34. The molecule has 0 saturated carbocycles. The second-order valence-corrected chi connectivity index (χ2v) is 9.43. The Morgan fingerprint density at radius 3 is 2.56 bits per heavy atom. The number of hydrazone groups is 1. The van der Waals surface area contributed by atoms with Crippen LogP contribution in [0, 0.1) is 0 Å². The molecule has 0 aliphatic rings. The van der Waals surface area contributed by atoms with Gasteiger partial charge in [0.25, 0.3) is 5.91 Å². The van der Waals surface area contributed by atoms with Crippen LogP contribution in [0.1, 0.15) is 12.5 Å². The number of ether oxygens (including phenoxy) is 2. The van der Waals surface area contributed by atoms with Gasteiger partial charge in [0.2, 0.25) is 0 Å². The number of benzene rings is 3. The van der Waals surface area contributed by atoms with E-state index in [0.29, 0.717) is 28.2 Å². The van der Waals surface area contributed by atoms with E-state index in [4.69, 9.17) is 9.47 Å². The smallest absolute Gasteiger partial charge is 0.250 e. The van der Waals surface area contributed by atoms with Gasteiger partial charge in [-0.25, -0.2) is 5.43 Å². The topological polar surface area (TPSA) is 90.6 Å². The molecule has 1 heterocycles. The van der Waals surface area contributed by atoms with Crippen LogP contribution in [-0.2, 0) is 4.79 Å². The molecule has 4 aromatic rings. The standard InChI is InChI=1S/C26H24BrN5O3S/c1-17(22-13-12-21(34-2)15-23(22)35-3)28-29-24(33)16-36-26-31-30-25(18-8-7-9-19(27)14-18)32(26)20-10-5-4-6-11-20/h4-15H,16H2,1-3H3,(H,29,33). The van der Waals surface area contributed by atoms with Crippen molar-refractivity contribution < 1.29 is 14.3 Å². The number of hydrogen-bond donors (Lipinski definition) is 1. The minimum atomic E-state index is -0.265. The lowest BCUT2D eigenvalue weighted by Crippen LogP contribution is -2.21. The Morgan fingerprint density at radius 2 is 1.83 bits per heavy atom. The Labute approximate surface area is 221 Å². The van der Waals surface area contributed by atoms with Crippen molar-refractivity contribution in [1.29, 1.82) is 0 Å². The summed E-state index contributed by atoms with van der Waals surface area (Å²) in [5.41, 5.74) is 5.79. The highest BCUT2D eigenvalue weighted by Crippen LogP contribution is 2.29. The number of amides is 1. The normalized spacial score (nSPS) is 11.3. The van der Waals surface area contributed by atoms with Gasteiger partial charge < -0.3 is 9.47 Å². The van der Waals surface area contributed by atoms with Crippen molar-refractivity contribution in [1.82, 2.24) is 20.2 Å². The van der Waals surface area contributed by atoms with Gasteiger partial charge in [-0.3, -0.25) is 9.36 Å². The molecule has 0 aliphatic heterocycles. The van der Waals surface area contributed by atoms with Gasteiger partial charge in [-0.1, -0.05) is 58.0 Å². The molecule has 0 atom stereocenters. The second-order valence-electron chi connectivity index (χ2n) is 7.57. The van der Waals surface area contributed by atoms with Gasteiger partial charge >= 0.3 is 0 Å². The molecule has 0 saturated heterocycles. The molecule has 184 valence electrons. The molecule has 1 N–H and O–H groups in total. The lowest BCUT2D eigenvalue weighted by atomic mass is 10.1. The molecule has 0 bridgehead atoms. The van der Waals surface area contributed by atoms with Crippen molar-refractivity contribution in [2.75, 3.05) is 20.0 Å². The van der Waals surface area contributed by atoms with E-state index >= 15 is 0 Å². The van der Waals surface area contributed by atoms with E-state index < -0.39 is 0 Å². The lowest BCUT2D eigenvalue weighted by Gasteiger charge is -2.11. The number of nitrogens with one attached hydrogen (secondary N) is 1. The molecule has 0 spiro atoms. The van der Waals surface area contributed by atoms with Crippen LogP contribution < -0.4 is 14.9 Å². The third kappa shape index (κ3) is 5.95. The zero-order chi connectivity index (χ0) is 25.5. The van der Waals surface area contributed by atoms with Crippen molar-refractivity contribution >= 4 is 39.3 Å². The van der Waals surface area contributed by atoms with Crippen molar-refractivity contribution in [2.45, 2.75) is 12.1 Å². The minimum absolute atomic E-state index is 0.111. The fraction of sp³-hybridized carbons (Fsp3) is 0.154. The molecule has 0 aliphatic carbocycles. The maximum absolute atomic E-state index is 12.6. The van der Waals surface area contributed by atoms with Gasteiger partial charge in [0.05, 0.1) is 25.7 Å². The Morgan fingerprint density at radius 1 is 1.03 bits per heavy atom. The highest BCUT2D eigenvalue weighted by Gasteiger charge is 2.17. The fourth-order valence-electron chi connectivity index (χ4n) is 3.45. The van der Waals surface area contributed by atoms with Crippen LogP contribution >= 0.6 is 27.7 Å². The van der Waals surface area contributed by atoms with Gasteiger partial charge in [-0.05, 0) is 43.3 Å². The van der Waals surface area contributed by atoms with Crippen LogP contribution in [0.3, 0.4) is 0 Å². The Balaban J connectivity index is 1.51. The van der Waals surface area contributed by atoms with Crippen LogP contribution in [0.2, 0.25) is 0 Å². The van der Waals surface area contributed by atoms with Crippen molar-refractivity contribution in [2.24, 2.45) is 5.10 Å². The van der Waals surface area contributed by atoms with Crippen LogP contribution in [-0.4, -0.2) is 46.4 Å². The third-order valence-corrected chi connectivity index (χ3v) is 6.63. The number of methoxy groups -OCH3 is 2. The summed E-state index contributed by atoms with van der Waals surface area (Å²) in [6, 6.07) is 23.1. The summed E-state index contributed by atoms with van der Waals surface area (Å²) in [6.07, 6.45) is 0. The van der Waals surface area contributed by atoms with Crippen LogP contribution in [0.25, 0.3) is 17.1 Å². The first-order valence-electron chi connectivity index (χ1n) is 10.9. The molecule has 3 aromatic carbocycles. The monoisotopic (exact) mass is 565 g/mol. The first kappa shape index (κ1) is 25.5. The number of aromatic nitrogens is 3. The van der Waals surface area contributed by atoms with E-state index in [0.717, 1.165) is 21.3 Å². The lowest BCUT2D eigenvalue weighted by molar-refractivity contribution is -0.118. The third-order valence-electron chi connectivity index (χ3n) is 5.21. The van der Waals surface area contributed by atoms with Gasteiger partial charge in [0.1, 0.15) is 11.5 Å². The number of rotatable bonds is 9. The summed E-state index contributed by atoms with van der Waals surface area (Å²) >= 11 is 4.80. The minimum Gasteiger partial charge on any atom is -0.497 e. The van der Waals surface area contributed by atoms with Gasteiger partial charge in [-0.15, -0.1) is 10.2 Å². The highest BCUT2D eigenvalue weighted by atomic mass is 79.9. The van der Waals surface area contributed by atoms with Gasteiger partial charge in [0, 0.05) is 27.4 Å². The first-order chi connectivity index (χ1) is 17.5. The zero-order valence-electron chi connectivity index (χ0n) is 19.9. The maximum Gasteiger partial charge on any atom is 0.250 e. The average molecular weight is 566 g/mol. The van der Waals surface area contributed by atoms with E-state index in [1.165, 1.54) is 11.8 Å². The van der Waals surface area contributed by atoms with Crippen molar-refractivity contribution in [3.8, 4) is 28.6 Å². The quantitative estimate of drug-likeness (QED) is 0.167. The van der Waals surface area contributed by atoms with E-state index in [1.54, 1.807) is 27.2 Å². The molecule has 8 nitrogen and oxygen atoms in total. The molecule has 0 fully saturated rings. The van der Waals surface area contributed by atoms with E-state index in [9.17, 15) is 4.79 Å². The summed E-state index contributed by atoms with van der Waals surface area (Å²) in [4.78, 5) is 12.6. The second kappa shape index (κ2) is 11.9. The summed E-state index contributed by atoms with van der Waals surface area (Å²) in [5, 5.41) is 13.6. The summed E-state index contributed by atoms with van der Waals surface area (Å²) in [5.74, 6) is 1.81. The Hall–Kier alpha value is -3.63. The van der Waals surface area contributed by atoms with Crippen LogP contribution in [0.5, 0.6) is 11.5 Å². The van der Waals surface area contributed by atoms with Crippen molar-refractivity contribution in [3.63, 3.8) is 0 Å². The maximum atomic E-state index is 12.6. The Bertz CT molecular complexity index is 1390. The van der Waals surface area contributed by atoms with Gasteiger partial charge in [-0.2, -0.15) is 5.10 Å². The summed E-state index contributed by atoms with van der Waals surface area (Å²) in [6.45, 7) is 1.80. The van der Waals surface area contributed by atoms with E-state index in [1.807, 2.05) is 71.3 Å². The molecule has 1 aromatic heterocycles. The number of carbonyl (C=O) groups is 1. The fourth-order valence-corrected chi connectivity index (χ4v) is 4.60. The summed E-state index contributed by atoms with van der Waals surface area (Å²) < 4.78 is 13.5. The Kier molecular flexibility index (Phi) is 8.40. The van der Waals surface area contributed by atoms with Crippen LogP contribution in [0.15, 0.2) is 87.5 Å². The molecular weight excluding hydrogens is 542 g/mol. The van der Waals surface area contributed by atoms with E-state index in [2.05, 4.69) is 36.7 Å². The van der Waals surface area contributed by atoms with Gasteiger partial charge in [0.15, 0.2) is 11.0 Å². The SMILES string of the molecule is COc1ccc(C(C)=NNC(=O)CSc2nnc(-c3cccc(Br)c3)n2-c2ccccc2)c(OC)c1. The molecule has 0 radical (unpaired) electrons. The molecule has 0 unspecified atom stereocenters.